The third-order valence-corrected chi connectivity index (χ3v) is 7.48. The third-order valence-electron chi connectivity index (χ3n) is 6.02. The molecule has 5 rings (SSSR count). The first-order chi connectivity index (χ1) is 18.2. The van der Waals surface area contributed by atoms with E-state index in [0.717, 1.165) is 5.56 Å². The van der Waals surface area contributed by atoms with Gasteiger partial charge in [-0.25, -0.2) is 9.78 Å². The number of aromatic carboxylic acids is 1. The van der Waals surface area contributed by atoms with Crippen LogP contribution in [-0.2, 0) is 6.54 Å². The van der Waals surface area contributed by atoms with E-state index in [1.165, 1.54) is 22.0 Å². The second kappa shape index (κ2) is 10.1. The molecule has 1 N–H and O–H groups in total. The number of rotatable bonds is 6. The van der Waals surface area contributed by atoms with Crippen molar-refractivity contribution in [2.24, 2.45) is 0 Å². The standard InChI is InChI=1S/C27H18Cl2N4O4S/c1-13-7-19(25-24(31-13)20(12-38-25)27(35)36)18-9-16(28)3-4-22(18)37-6-5-33-14(2)32-21-10-17(29)8-15(11-30)23(21)26(33)34/h3-4,7-10,12H,5-6H2,1-2H3,(H,35,36). The van der Waals surface area contributed by atoms with Crippen LogP contribution in [0.4, 0.5) is 0 Å². The number of pyridine rings is 1. The van der Waals surface area contributed by atoms with E-state index in [0.29, 0.717) is 48.6 Å². The molecule has 0 saturated carbocycles. The average Bonchev–Trinajstić information content (AvgIpc) is 3.29. The molecule has 0 bridgehead atoms. The van der Waals surface area contributed by atoms with Crippen LogP contribution in [0.5, 0.6) is 5.75 Å². The molecule has 0 aliphatic rings. The van der Waals surface area contributed by atoms with Gasteiger partial charge in [-0.3, -0.25) is 14.3 Å². The Morgan fingerprint density at radius 2 is 1.92 bits per heavy atom. The van der Waals surface area contributed by atoms with E-state index >= 15 is 0 Å². The molecule has 3 heterocycles. The average molecular weight is 565 g/mol. The van der Waals surface area contributed by atoms with E-state index in [2.05, 4.69) is 9.97 Å². The highest BCUT2D eigenvalue weighted by molar-refractivity contribution is 7.18. The van der Waals surface area contributed by atoms with Crippen molar-refractivity contribution in [2.75, 3.05) is 6.61 Å². The van der Waals surface area contributed by atoms with Crippen molar-refractivity contribution in [3.05, 3.63) is 84.8 Å². The minimum atomic E-state index is -1.05. The molecular weight excluding hydrogens is 547 g/mol. The Balaban J connectivity index is 1.51. The molecule has 0 spiro atoms. The molecule has 11 heteroatoms. The number of hydrogen-bond donors (Lipinski definition) is 1. The minimum Gasteiger partial charge on any atom is -0.491 e. The molecule has 0 radical (unpaired) electrons. The van der Waals surface area contributed by atoms with Crippen LogP contribution in [0.3, 0.4) is 0 Å². The van der Waals surface area contributed by atoms with Crippen LogP contribution < -0.4 is 10.3 Å². The number of ether oxygens (including phenoxy) is 1. The Labute approximate surface area is 230 Å². The zero-order chi connectivity index (χ0) is 27.1. The van der Waals surface area contributed by atoms with Crippen LogP contribution in [0.25, 0.3) is 32.2 Å². The largest absolute Gasteiger partial charge is 0.491 e. The van der Waals surface area contributed by atoms with Crippen molar-refractivity contribution in [1.82, 2.24) is 14.5 Å². The Morgan fingerprint density at radius 1 is 1.13 bits per heavy atom. The van der Waals surface area contributed by atoms with E-state index in [1.807, 2.05) is 12.1 Å². The van der Waals surface area contributed by atoms with Gasteiger partial charge in [-0.05, 0) is 50.2 Å². The fourth-order valence-electron chi connectivity index (χ4n) is 4.35. The van der Waals surface area contributed by atoms with Crippen LogP contribution in [0.2, 0.25) is 10.0 Å². The molecule has 38 heavy (non-hydrogen) atoms. The predicted molar refractivity (Wildman–Crippen MR) is 148 cm³/mol. The first-order valence-corrected chi connectivity index (χ1v) is 13.0. The lowest BCUT2D eigenvalue weighted by Crippen LogP contribution is -2.27. The lowest BCUT2D eigenvalue weighted by molar-refractivity contribution is 0.0699. The number of nitriles is 1. The summed E-state index contributed by atoms with van der Waals surface area (Å²) in [5.74, 6) is -0.0788. The number of aryl methyl sites for hydroxylation is 2. The van der Waals surface area contributed by atoms with Gasteiger partial charge in [-0.15, -0.1) is 11.3 Å². The molecule has 3 aromatic heterocycles. The van der Waals surface area contributed by atoms with Crippen LogP contribution in [0.15, 0.2) is 46.6 Å². The highest BCUT2D eigenvalue weighted by Gasteiger charge is 2.19. The molecule has 0 amide bonds. The van der Waals surface area contributed by atoms with Crippen molar-refractivity contribution in [3.8, 4) is 22.9 Å². The smallest absolute Gasteiger partial charge is 0.338 e. The summed E-state index contributed by atoms with van der Waals surface area (Å²) in [5, 5.41) is 21.7. The van der Waals surface area contributed by atoms with Gasteiger partial charge in [0.15, 0.2) is 0 Å². The number of carboxylic acid groups (broad SMARTS) is 1. The van der Waals surface area contributed by atoms with Crippen molar-refractivity contribution in [1.29, 1.82) is 5.26 Å². The molecule has 5 aromatic rings. The molecule has 0 aliphatic carbocycles. The number of hydrogen-bond acceptors (Lipinski definition) is 7. The number of halogens is 2. The minimum absolute atomic E-state index is 0.121. The monoisotopic (exact) mass is 564 g/mol. The summed E-state index contributed by atoms with van der Waals surface area (Å²) < 4.78 is 8.29. The summed E-state index contributed by atoms with van der Waals surface area (Å²) in [4.78, 5) is 33.9. The van der Waals surface area contributed by atoms with Gasteiger partial charge in [-0.1, -0.05) is 23.2 Å². The number of aromatic nitrogens is 3. The molecular formula is C27H18Cl2N4O4S. The van der Waals surface area contributed by atoms with Crippen LogP contribution in [0, 0.1) is 25.2 Å². The van der Waals surface area contributed by atoms with Crippen molar-refractivity contribution in [2.45, 2.75) is 20.4 Å². The summed E-state index contributed by atoms with van der Waals surface area (Å²) in [6.45, 7) is 3.79. The molecule has 2 aromatic carbocycles. The maximum atomic E-state index is 13.3. The van der Waals surface area contributed by atoms with Gasteiger partial charge in [0.25, 0.3) is 5.56 Å². The molecule has 0 saturated heterocycles. The Bertz CT molecular complexity index is 1870. The van der Waals surface area contributed by atoms with Crippen LogP contribution >= 0.6 is 34.5 Å². The number of nitrogens with zero attached hydrogens (tertiary/aromatic N) is 4. The first kappa shape index (κ1) is 25.7. The Hall–Kier alpha value is -3.97. The lowest BCUT2D eigenvalue weighted by atomic mass is 10.0. The highest BCUT2D eigenvalue weighted by Crippen LogP contribution is 2.40. The topological polar surface area (TPSA) is 118 Å². The quantitative estimate of drug-likeness (QED) is 0.259. The molecule has 0 aliphatic heterocycles. The molecule has 190 valence electrons. The number of carboxylic acids is 1. The SMILES string of the molecule is Cc1cc(-c2cc(Cl)ccc2OCCn2c(C)nc3cc(Cl)cc(C#N)c3c2=O)c2scc(C(=O)O)c2n1. The zero-order valence-electron chi connectivity index (χ0n) is 20.1. The lowest BCUT2D eigenvalue weighted by Gasteiger charge is -2.15. The second-order valence-corrected chi connectivity index (χ2v) is 10.3. The fraction of sp³-hybridized carbons (Fsp3) is 0.148. The third kappa shape index (κ3) is 4.58. The molecule has 0 unspecified atom stereocenters. The van der Waals surface area contributed by atoms with Gasteiger partial charge in [0.2, 0.25) is 0 Å². The second-order valence-electron chi connectivity index (χ2n) is 8.51. The predicted octanol–water partition coefficient (Wildman–Crippen LogP) is 6.25. The summed E-state index contributed by atoms with van der Waals surface area (Å²) in [5.41, 5.74) is 2.78. The maximum Gasteiger partial charge on any atom is 0.338 e. The van der Waals surface area contributed by atoms with Gasteiger partial charge >= 0.3 is 5.97 Å². The van der Waals surface area contributed by atoms with Crippen LogP contribution in [-0.4, -0.2) is 32.2 Å². The van der Waals surface area contributed by atoms with Gasteiger partial charge in [0.1, 0.15) is 24.3 Å². The molecule has 0 fully saturated rings. The van der Waals surface area contributed by atoms with E-state index in [4.69, 9.17) is 27.9 Å². The van der Waals surface area contributed by atoms with Crippen molar-refractivity contribution in [3.63, 3.8) is 0 Å². The van der Waals surface area contributed by atoms with E-state index in [-0.39, 0.29) is 35.2 Å². The van der Waals surface area contributed by atoms with Crippen molar-refractivity contribution >= 4 is 61.6 Å². The van der Waals surface area contributed by atoms with E-state index in [9.17, 15) is 20.0 Å². The van der Waals surface area contributed by atoms with Gasteiger partial charge in [-0.2, -0.15) is 5.26 Å². The molecule has 8 nitrogen and oxygen atoms in total. The van der Waals surface area contributed by atoms with Crippen molar-refractivity contribution < 1.29 is 14.6 Å². The number of benzene rings is 2. The fourth-order valence-corrected chi connectivity index (χ4v) is 5.74. The van der Waals surface area contributed by atoms with Gasteiger partial charge in [0.05, 0.1) is 38.8 Å². The van der Waals surface area contributed by atoms with E-state index in [1.54, 1.807) is 43.5 Å². The maximum absolute atomic E-state index is 13.3. The number of carbonyl (C=O) groups is 1. The summed E-state index contributed by atoms with van der Waals surface area (Å²) in [6, 6.07) is 12.1. The Kier molecular flexibility index (Phi) is 6.80. The zero-order valence-corrected chi connectivity index (χ0v) is 22.4. The number of thiophene rings is 1. The normalized spacial score (nSPS) is 11.1. The summed E-state index contributed by atoms with van der Waals surface area (Å²) in [7, 11) is 0. The summed E-state index contributed by atoms with van der Waals surface area (Å²) in [6.07, 6.45) is 0. The first-order valence-electron chi connectivity index (χ1n) is 11.3. The Morgan fingerprint density at radius 3 is 2.66 bits per heavy atom. The van der Waals surface area contributed by atoms with Gasteiger partial charge < -0.3 is 9.84 Å². The highest BCUT2D eigenvalue weighted by atomic mass is 35.5. The van der Waals surface area contributed by atoms with E-state index < -0.39 is 5.97 Å². The summed E-state index contributed by atoms with van der Waals surface area (Å²) >= 11 is 13.7. The van der Waals surface area contributed by atoms with Gasteiger partial charge in [0, 0.05) is 32.2 Å². The molecule has 0 atom stereocenters. The number of fused-ring (bicyclic) bond motifs is 2. The van der Waals surface area contributed by atoms with Crippen LogP contribution in [0.1, 0.15) is 27.4 Å².